The Labute approximate surface area is 72.1 Å². The summed E-state index contributed by atoms with van der Waals surface area (Å²) in [7, 11) is 0. The molecule has 6 heteroatoms. The van der Waals surface area contributed by atoms with Crippen molar-refractivity contribution >= 4 is 5.69 Å². The molecule has 2 N–H and O–H groups in total. The van der Waals surface area contributed by atoms with E-state index in [0.29, 0.717) is 0 Å². The molecular formula is C7H6F2N2O2. The quantitative estimate of drug-likeness (QED) is 0.562. The Hall–Kier alpha value is -1.56. The molecule has 0 atom stereocenters. The topological polar surface area (TPSA) is 69.2 Å². The average molecular weight is 188 g/mol. The van der Waals surface area contributed by atoms with Crippen molar-refractivity contribution in [2.75, 3.05) is 0 Å². The Bertz CT molecular complexity index is 355. The first kappa shape index (κ1) is 9.53. The third kappa shape index (κ3) is 1.62. The van der Waals surface area contributed by atoms with E-state index >= 15 is 0 Å². The summed E-state index contributed by atoms with van der Waals surface area (Å²) in [6, 6.07) is 1.90. The second kappa shape index (κ2) is 3.44. The van der Waals surface area contributed by atoms with Gasteiger partial charge in [-0.1, -0.05) is 0 Å². The molecule has 0 heterocycles. The summed E-state index contributed by atoms with van der Waals surface area (Å²) in [5.74, 6) is -2.71. The van der Waals surface area contributed by atoms with Crippen molar-refractivity contribution in [2.45, 2.75) is 6.54 Å². The van der Waals surface area contributed by atoms with Crippen LogP contribution in [0.25, 0.3) is 0 Å². The van der Waals surface area contributed by atoms with Gasteiger partial charge in [-0.2, -0.15) is 4.39 Å². The zero-order valence-corrected chi connectivity index (χ0v) is 6.46. The first-order chi connectivity index (χ1) is 6.07. The van der Waals surface area contributed by atoms with Crippen LogP contribution in [-0.2, 0) is 6.54 Å². The van der Waals surface area contributed by atoms with Gasteiger partial charge in [0.25, 0.3) is 0 Å². The summed E-state index contributed by atoms with van der Waals surface area (Å²) in [5, 5.41) is 10.3. The molecule has 0 fully saturated rings. The molecule has 0 aliphatic heterocycles. The lowest BCUT2D eigenvalue weighted by molar-refractivity contribution is -0.388. The summed E-state index contributed by atoms with van der Waals surface area (Å²) in [6.45, 7) is -0.201. The molecule has 1 aromatic rings. The molecule has 0 saturated heterocycles. The summed E-state index contributed by atoms with van der Waals surface area (Å²) in [4.78, 5) is 9.31. The van der Waals surface area contributed by atoms with E-state index in [1.165, 1.54) is 0 Å². The molecule has 1 aromatic carbocycles. The Morgan fingerprint density at radius 1 is 1.46 bits per heavy atom. The van der Waals surface area contributed by atoms with Gasteiger partial charge in [0, 0.05) is 12.1 Å². The van der Waals surface area contributed by atoms with Gasteiger partial charge in [0.1, 0.15) is 0 Å². The number of nitrogens with two attached hydrogens (primary N) is 1. The number of hydrogen-bond acceptors (Lipinski definition) is 3. The molecule has 0 radical (unpaired) electrons. The Morgan fingerprint density at radius 2 is 2.08 bits per heavy atom. The minimum Gasteiger partial charge on any atom is -0.326 e. The molecule has 0 amide bonds. The van der Waals surface area contributed by atoms with Gasteiger partial charge in [-0.05, 0) is 12.1 Å². The normalized spacial score (nSPS) is 10.1. The van der Waals surface area contributed by atoms with Gasteiger partial charge in [-0.25, -0.2) is 4.39 Å². The molecule has 4 nitrogen and oxygen atoms in total. The van der Waals surface area contributed by atoms with E-state index in [1.54, 1.807) is 0 Å². The molecule has 1 rings (SSSR count). The van der Waals surface area contributed by atoms with Gasteiger partial charge < -0.3 is 5.73 Å². The molecule has 0 unspecified atom stereocenters. The van der Waals surface area contributed by atoms with Crippen molar-refractivity contribution < 1.29 is 13.7 Å². The summed E-state index contributed by atoms with van der Waals surface area (Å²) in [5.41, 5.74) is 4.20. The predicted octanol–water partition coefficient (Wildman–Crippen LogP) is 1.33. The van der Waals surface area contributed by atoms with Crippen LogP contribution >= 0.6 is 0 Å². The van der Waals surface area contributed by atoms with Crippen LogP contribution in [0, 0.1) is 21.7 Å². The number of nitro groups is 1. The minimum absolute atomic E-state index is 0.0242. The zero-order valence-electron chi connectivity index (χ0n) is 6.46. The van der Waals surface area contributed by atoms with Crippen molar-refractivity contribution in [1.82, 2.24) is 0 Å². The fourth-order valence-corrected chi connectivity index (χ4v) is 0.942. The first-order valence-corrected chi connectivity index (χ1v) is 3.39. The molecule has 0 bridgehead atoms. The first-order valence-electron chi connectivity index (χ1n) is 3.39. The predicted molar refractivity (Wildman–Crippen MR) is 40.9 cm³/mol. The van der Waals surface area contributed by atoms with E-state index in [-0.39, 0.29) is 12.1 Å². The lowest BCUT2D eigenvalue weighted by Crippen LogP contribution is -2.05. The summed E-state index contributed by atoms with van der Waals surface area (Å²) < 4.78 is 25.4. The Kier molecular flexibility index (Phi) is 2.52. The number of halogens is 2. The van der Waals surface area contributed by atoms with Crippen LogP contribution in [0.3, 0.4) is 0 Å². The summed E-state index contributed by atoms with van der Waals surface area (Å²) in [6.07, 6.45) is 0. The average Bonchev–Trinajstić information content (AvgIpc) is 2.08. The Morgan fingerprint density at radius 3 is 2.54 bits per heavy atom. The highest BCUT2D eigenvalue weighted by Crippen LogP contribution is 2.24. The number of rotatable bonds is 2. The van der Waals surface area contributed by atoms with E-state index in [4.69, 9.17) is 5.73 Å². The minimum atomic E-state index is -1.46. The van der Waals surface area contributed by atoms with Crippen LogP contribution in [0.1, 0.15) is 5.56 Å². The number of hydrogen-bond donors (Lipinski definition) is 1. The second-order valence-corrected chi connectivity index (χ2v) is 2.33. The highest BCUT2D eigenvalue weighted by atomic mass is 19.2. The standard InChI is InChI=1S/C7H6F2N2O2/c8-5-2-1-4(3-10)7(6(5)9)11(12)13/h1-2H,3,10H2. The van der Waals surface area contributed by atoms with E-state index in [1.807, 2.05) is 0 Å². The maximum Gasteiger partial charge on any atom is 0.312 e. The van der Waals surface area contributed by atoms with Crippen LogP contribution < -0.4 is 5.73 Å². The third-order valence-corrected chi connectivity index (χ3v) is 1.56. The molecule has 70 valence electrons. The van der Waals surface area contributed by atoms with Crippen molar-refractivity contribution in [2.24, 2.45) is 5.73 Å². The van der Waals surface area contributed by atoms with Crippen molar-refractivity contribution in [3.05, 3.63) is 39.4 Å². The van der Waals surface area contributed by atoms with E-state index in [2.05, 4.69) is 0 Å². The van der Waals surface area contributed by atoms with Crippen LogP contribution in [0.2, 0.25) is 0 Å². The Balaban J connectivity index is 3.41. The monoisotopic (exact) mass is 188 g/mol. The molecule has 13 heavy (non-hydrogen) atoms. The van der Waals surface area contributed by atoms with E-state index in [0.717, 1.165) is 12.1 Å². The molecular weight excluding hydrogens is 182 g/mol. The number of benzene rings is 1. The van der Waals surface area contributed by atoms with Crippen molar-refractivity contribution in [3.63, 3.8) is 0 Å². The highest BCUT2D eigenvalue weighted by Gasteiger charge is 2.22. The highest BCUT2D eigenvalue weighted by molar-refractivity contribution is 5.41. The van der Waals surface area contributed by atoms with Crippen LogP contribution in [0.5, 0.6) is 0 Å². The SMILES string of the molecule is NCc1ccc(F)c(F)c1[N+](=O)[O-]. The van der Waals surface area contributed by atoms with Gasteiger partial charge in [0.2, 0.25) is 5.82 Å². The lowest BCUT2D eigenvalue weighted by atomic mass is 10.1. The fourth-order valence-electron chi connectivity index (χ4n) is 0.942. The molecule has 0 spiro atoms. The van der Waals surface area contributed by atoms with Crippen LogP contribution in [0.4, 0.5) is 14.5 Å². The van der Waals surface area contributed by atoms with E-state index < -0.39 is 22.2 Å². The van der Waals surface area contributed by atoms with Crippen LogP contribution in [-0.4, -0.2) is 4.92 Å². The zero-order chi connectivity index (χ0) is 10.0. The summed E-state index contributed by atoms with van der Waals surface area (Å²) >= 11 is 0. The third-order valence-electron chi connectivity index (χ3n) is 1.56. The lowest BCUT2D eigenvalue weighted by Gasteiger charge is -2.00. The van der Waals surface area contributed by atoms with Gasteiger partial charge in [0.05, 0.1) is 4.92 Å². The molecule has 0 aliphatic carbocycles. The number of nitrogens with zero attached hydrogens (tertiary/aromatic N) is 1. The maximum atomic E-state index is 12.8. The van der Waals surface area contributed by atoms with Crippen molar-refractivity contribution in [3.8, 4) is 0 Å². The van der Waals surface area contributed by atoms with E-state index in [9.17, 15) is 18.9 Å². The van der Waals surface area contributed by atoms with Crippen molar-refractivity contribution in [1.29, 1.82) is 0 Å². The van der Waals surface area contributed by atoms with Crippen LogP contribution in [0.15, 0.2) is 12.1 Å². The van der Waals surface area contributed by atoms with Gasteiger partial charge in [-0.15, -0.1) is 0 Å². The smallest absolute Gasteiger partial charge is 0.312 e. The number of nitro benzene ring substituents is 1. The second-order valence-electron chi connectivity index (χ2n) is 2.33. The van der Waals surface area contributed by atoms with Gasteiger partial charge in [0.15, 0.2) is 5.82 Å². The maximum absolute atomic E-state index is 12.8. The van der Waals surface area contributed by atoms with Gasteiger partial charge in [-0.3, -0.25) is 10.1 Å². The largest absolute Gasteiger partial charge is 0.326 e. The van der Waals surface area contributed by atoms with Gasteiger partial charge >= 0.3 is 5.69 Å². The molecule has 0 aliphatic rings. The fraction of sp³-hybridized carbons (Fsp3) is 0.143. The molecule has 0 aromatic heterocycles. The molecule has 0 saturated carbocycles.